The van der Waals surface area contributed by atoms with Gasteiger partial charge in [0.05, 0.1) is 0 Å². The first-order valence-corrected chi connectivity index (χ1v) is 4.15. The first-order chi connectivity index (χ1) is 5.20. The maximum atomic E-state index is 11.0. The Kier molecular flexibility index (Phi) is 2.74. The molecule has 2 amide bonds. The van der Waals surface area contributed by atoms with Crippen molar-refractivity contribution in [1.82, 2.24) is 10.2 Å². The fourth-order valence-corrected chi connectivity index (χ4v) is 0.948. The summed E-state index contributed by atoms with van der Waals surface area (Å²) in [5, 5.41) is 2.84. The zero-order valence-electron chi connectivity index (χ0n) is 7.26. The van der Waals surface area contributed by atoms with Crippen LogP contribution in [0.3, 0.4) is 0 Å². The topological polar surface area (TPSA) is 32.3 Å². The molecule has 1 saturated carbocycles. The third-order valence-corrected chi connectivity index (χ3v) is 1.93. The van der Waals surface area contributed by atoms with Crippen LogP contribution >= 0.6 is 0 Å². The molecular weight excluding hydrogens is 140 g/mol. The van der Waals surface area contributed by atoms with Crippen molar-refractivity contribution in [2.45, 2.75) is 19.3 Å². The van der Waals surface area contributed by atoms with Crippen LogP contribution in [0.2, 0.25) is 0 Å². The van der Waals surface area contributed by atoms with Gasteiger partial charge in [-0.05, 0) is 12.3 Å². The zero-order valence-corrected chi connectivity index (χ0v) is 7.26. The van der Waals surface area contributed by atoms with Gasteiger partial charge in [0.25, 0.3) is 0 Å². The normalized spacial score (nSPS) is 16.2. The predicted molar refractivity (Wildman–Crippen MR) is 44.4 cm³/mol. The van der Waals surface area contributed by atoms with Gasteiger partial charge < -0.3 is 10.2 Å². The molecule has 11 heavy (non-hydrogen) atoms. The molecular formula is C8H16N2O. The Balaban J connectivity index is 1.96. The summed E-state index contributed by atoms with van der Waals surface area (Å²) in [6, 6.07) is 0.0191. The van der Waals surface area contributed by atoms with Gasteiger partial charge in [-0.25, -0.2) is 4.79 Å². The summed E-state index contributed by atoms with van der Waals surface area (Å²) < 4.78 is 0. The lowest BCUT2D eigenvalue weighted by molar-refractivity contribution is 0.217. The minimum Gasteiger partial charge on any atom is -0.338 e. The third-order valence-electron chi connectivity index (χ3n) is 1.93. The van der Waals surface area contributed by atoms with E-state index in [4.69, 9.17) is 0 Å². The molecule has 0 atom stereocenters. The number of hydrogen-bond acceptors (Lipinski definition) is 1. The molecule has 0 heterocycles. The highest BCUT2D eigenvalue weighted by Crippen LogP contribution is 2.31. The van der Waals surface area contributed by atoms with Gasteiger partial charge in [-0.1, -0.05) is 12.8 Å². The summed E-state index contributed by atoms with van der Waals surface area (Å²) in [4.78, 5) is 12.5. The van der Waals surface area contributed by atoms with Crippen molar-refractivity contribution in [2.75, 3.05) is 20.6 Å². The Morgan fingerprint density at radius 3 is 2.64 bits per heavy atom. The average molecular weight is 156 g/mol. The molecule has 1 fully saturated rings. The van der Waals surface area contributed by atoms with E-state index in [1.807, 2.05) is 0 Å². The number of carbonyl (C=O) groups is 1. The highest BCUT2D eigenvalue weighted by atomic mass is 16.2. The van der Waals surface area contributed by atoms with Crippen LogP contribution in [0.4, 0.5) is 4.79 Å². The molecule has 3 nitrogen and oxygen atoms in total. The van der Waals surface area contributed by atoms with Crippen LogP contribution < -0.4 is 5.32 Å². The highest BCUT2D eigenvalue weighted by Gasteiger charge is 2.20. The molecule has 0 aromatic rings. The van der Waals surface area contributed by atoms with Gasteiger partial charge in [-0.3, -0.25) is 0 Å². The lowest BCUT2D eigenvalue weighted by Crippen LogP contribution is -2.35. The summed E-state index contributed by atoms with van der Waals surface area (Å²) in [5.41, 5.74) is 0. The minimum absolute atomic E-state index is 0.0191. The Bertz CT molecular complexity index is 141. The van der Waals surface area contributed by atoms with Gasteiger partial charge >= 0.3 is 6.03 Å². The largest absolute Gasteiger partial charge is 0.338 e. The summed E-state index contributed by atoms with van der Waals surface area (Å²) >= 11 is 0. The van der Waals surface area contributed by atoms with Crippen LogP contribution in [-0.4, -0.2) is 31.6 Å². The third kappa shape index (κ3) is 3.25. The molecule has 0 unspecified atom stereocenters. The predicted octanol–water partition coefficient (Wildman–Crippen LogP) is 1.06. The Morgan fingerprint density at radius 1 is 1.55 bits per heavy atom. The minimum atomic E-state index is 0.0191. The van der Waals surface area contributed by atoms with Crippen molar-refractivity contribution < 1.29 is 4.79 Å². The van der Waals surface area contributed by atoms with Crippen LogP contribution in [-0.2, 0) is 0 Å². The number of carbonyl (C=O) groups excluding carboxylic acids is 1. The van der Waals surface area contributed by atoms with Gasteiger partial charge in [0.1, 0.15) is 0 Å². The summed E-state index contributed by atoms with van der Waals surface area (Å²) in [7, 11) is 3.51. The molecule has 0 spiro atoms. The van der Waals surface area contributed by atoms with Crippen LogP contribution in [0.1, 0.15) is 19.3 Å². The monoisotopic (exact) mass is 156 g/mol. The standard InChI is InChI=1S/C8H16N2O/c1-10(2)8(11)9-6-5-7-3-4-7/h7H,3-6H2,1-2H3,(H,9,11). The van der Waals surface area contributed by atoms with Crippen LogP contribution in [0.5, 0.6) is 0 Å². The van der Waals surface area contributed by atoms with Gasteiger partial charge in [0.15, 0.2) is 0 Å². The second-order valence-electron chi connectivity index (χ2n) is 3.36. The lowest BCUT2D eigenvalue weighted by atomic mass is 10.3. The maximum absolute atomic E-state index is 11.0. The number of rotatable bonds is 3. The van der Waals surface area contributed by atoms with E-state index in [1.165, 1.54) is 12.8 Å². The van der Waals surface area contributed by atoms with Gasteiger partial charge in [0.2, 0.25) is 0 Å². The second-order valence-corrected chi connectivity index (χ2v) is 3.36. The number of nitrogens with zero attached hydrogens (tertiary/aromatic N) is 1. The zero-order chi connectivity index (χ0) is 8.27. The first-order valence-electron chi connectivity index (χ1n) is 4.15. The molecule has 1 rings (SSSR count). The number of nitrogens with one attached hydrogen (secondary N) is 1. The quantitative estimate of drug-likeness (QED) is 0.651. The van der Waals surface area contributed by atoms with Crippen molar-refractivity contribution in [3.8, 4) is 0 Å². The van der Waals surface area contributed by atoms with E-state index in [9.17, 15) is 4.79 Å². The van der Waals surface area contributed by atoms with E-state index >= 15 is 0 Å². The SMILES string of the molecule is CN(C)C(=O)NCCC1CC1. The fourth-order valence-electron chi connectivity index (χ4n) is 0.948. The Morgan fingerprint density at radius 2 is 2.18 bits per heavy atom. The maximum Gasteiger partial charge on any atom is 0.316 e. The summed E-state index contributed by atoms with van der Waals surface area (Å²) in [6.45, 7) is 0.835. The molecule has 64 valence electrons. The smallest absolute Gasteiger partial charge is 0.316 e. The average Bonchev–Trinajstić information content (AvgIpc) is 2.71. The Labute approximate surface area is 67.8 Å². The first kappa shape index (κ1) is 8.37. The summed E-state index contributed by atoms with van der Waals surface area (Å²) in [5.74, 6) is 0.900. The lowest BCUT2D eigenvalue weighted by Gasteiger charge is -2.11. The van der Waals surface area contributed by atoms with Crippen LogP contribution in [0, 0.1) is 5.92 Å². The van der Waals surface area contributed by atoms with E-state index in [1.54, 1.807) is 19.0 Å². The molecule has 0 aromatic carbocycles. The van der Waals surface area contributed by atoms with Crippen LogP contribution in [0.15, 0.2) is 0 Å². The summed E-state index contributed by atoms with van der Waals surface area (Å²) in [6.07, 6.45) is 3.87. The highest BCUT2D eigenvalue weighted by molar-refractivity contribution is 5.73. The molecule has 0 saturated heterocycles. The number of amides is 2. The molecule has 3 heteroatoms. The molecule has 1 N–H and O–H groups in total. The van der Waals surface area contributed by atoms with Gasteiger partial charge in [-0.2, -0.15) is 0 Å². The second kappa shape index (κ2) is 3.60. The Hall–Kier alpha value is -0.730. The number of hydrogen-bond donors (Lipinski definition) is 1. The van der Waals surface area contributed by atoms with Gasteiger partial charge in [-0.15, -0.1) is 0 Å². The number of urea groups is 1. The van der Waals surface area contributed by atoms with E-state index < -0.39 is 0 Å². The molecule has 1 aliphatic carbocycles. The van der Waals surface area contributed by atoms with Gasteiger partial charge in [0, 0.05) is 20.6 Å². The van der Waals surface area contributed by atoms with Crippen molar-refractivity contribution in [3.63, 3.8) is 0 Å². The van der Waals surface area contributed by atoms with E-state index in [-0.39, 0.29) is 6.03 Å². The van der Waals surface area contributed by atoms with Crippen molar-refractivity contribution >= 4 is 6.03 Å². The van der Waals surface area contributed by atoms with E-state index in [2.05, 4.69) is 5.32 Å². The molecule has 0 aromatic heterocycles. The van der Waals surface area contributed by atoms with E-state index in [0.717, 1.165) is 18.9 Å². The molecule has 0 radical (unpaired) electrons. The van der Waals surface area contributed by atoms with Crippen molar-refractivity contribution in [2.24, 2.45) is 5.92 Å². The van der Waals surface area contributed by atoms with Crippen molar-refractivity contribution in [1.29, 1.82) is 0 Å². The van der Waals surface area contributed by atoms with Crippen molar-refractivity contribution in [3.05, 3.63) is 0 Å². The molecule has 0 bridgehead atoms. The molecule has 1 aliphatic rings. The molecule has 0 aliphatic heterocycles. The van der Waals surface area contributed by atoms with Crippen LogP contribution in [0.25, 0.3) is 0 Å². The fraction of sp³-hybridized carbons (Fsp3) is 0.875. The van der Waals surface area contributed by atoms with E-state index in [0.29, 0.717) is 0 Å².